The smallest absolute Gasteiger partial charge is 0.391 e. The molecule has 0 bridgehead atoms. The quantitative estimate of drug-likeness (QED) is 0.0352. The number of nitrogens with one attached hydrogen (secondary N) is 1. The number of amides is 1. The van der Waals surface area contributed by atoms with Crippen LogP contribution in [0.25, 0.3) is 0 Å². The lowest BCUT2D eigenvalue weighted by Gasteiger charge is -2.25. The molecule has 0 spiro atoms. The Balaban J connectivity index is 3.76. The summed E-state index contributed by atoms with van der Waals surface area (Å²) in [6.45, 7) is 4.28. The Morgan fingerprint density at radius 1 is 0.408 bits per heavy atom. The van der Waals surface area contributed by atoms with Gasteiger partial charge in [-0.25, -0.2) is 4.57 Å². The summed E-state index contributed by atoms with van der Waals surface area (Å²) in [6, 6.07) is -0.770. The van der Waals surface area contributed by atoms with Crippen LogP contribution in [0.3, 0.4) is 0 Å². The molecule has 0 aromatic heterocycles. The number of carbonyl (C=O) groups is 1. The monoisotopic (exact) mass is 1030 g/mol. The number of rotatable bonds is 62. The molecule has 0 heterocycles. The van der Waals surface area contributed by atoms with Gasteiger partial charge in [-0.2, -0.15) is 0 Å². The highest BCUT2D eigenvalue weighted by atomic mass is 31.2. The molecule has 0 aliphatic heterocycles. The van der Waals surface area contributed by atoms with Crippen molar-refractivity contribution in [2.75, 3.05) is 19.8 Å². The average molecular weight is 1030 g/mol. The lowest BCUT2D eigenvalue weighted by atomic mass is 10.0. The predicted molar refractivity (Wildman–Crippen MR) is 309 cm³/mol. The average Bonchev–Trinajstić information content (AvgIpc) is 3.36. The molecule has 0 fully saturated rings. The van der Waals surface area contributed by atoms with Crippen molar-refractivity contribution >= 4 is 13.7 Å². The van der Waals surface area contributed by atoms with Crippen LogP contribution in [0.4, 0.5) is 0 Å². The van der Waals surface area contributed by atoms with Gasteiger partial charge in [0, 0.05) is 13.0 Å². The standard InChI is InChI=1S/C62H127N2O6P/c1-3-5-7-9-11-13-15-17-19-21-22-23-24-25-26-27-28-29-30-31-32-33-34-35-36-37-38-40-42-44-46-48-50-52-54-56-62(66)64-60(59-70-71(67,68)69-58-57-63)61(65)55-53-51-49-47-45-43-41-39-20-18-16-14-12-10-8-6-4-2/h60-61,65H,3-59,63H2,1-2H3,(H,64,66)(H,67,68)/t60-,61+/m0/s1. The number of hydrogen-bond acceptors (Lipinski definition) is 6. The maximum absolute atomic E-state index is 12.9. The van der Waals surface area contributed by atoms with E-state index in [0.29, 0.717) is 12.8 Å². The largest absolute Gasteiger partial charge is 0.472 e. The number of phosphoric ester groups is 1. The summed E-state index contributed by atoms with van der Waals surface area (Å²) < 4.78 is 22.4. The lowest BCUT2D eigenvalue weighted by Crippen LogP contribution is -2.46. The first-order chi connectivity index (χ1) is 34.9. The topological polar surface area (TPSA) is 131 Å². The van der Waals surface area contributed by atoms with E-state index >= 15 is 0 Å². The van der Waals surface area contributed by atoms with E-state index in [-0.39, 0.29) is 25.7 Å². The summed E-state index contributed by atoms with van der Waals surface area (Å²) in [5.74, 6) is -0.151. The molecule has 0 aliphatic rings. The normalized spacial score (nSPS) is 13.5. The Hall–Kier alpha value is -0.500. The molecule has 0 radical (unpaired) electrons. The van der Waals surface area contributed by atoms with Gasteiger partial charge in [0.05, 0.1) is 25.4 Å². The van der Waals surface area contributed by atoms with Crippen LogP contribution < -0.4 is 11.1 Å². The molecule has 0 aromatic rings. The van der Waals surface area contributed by atoms with E-state index < -0.39 is 20.0 Å². The van der Waals surface area contributed by atoms with Crippen LogP contribution in [0.15, 0.2) is 0 Å². The first-order valence-electron chi connectivity index (χ1n) is 32.2. The molecule has 3 atom stereocenters. The highest BCUT2D eigenvalue weighted by Crippen LogP contribution is 2.43. The minimum absolute atomic E-state index is 0.0930. The second-order valence-corrected chi connectivity index (χ2v) is 23.8. The van der Waals surface area contributed by atoms with Gasteiger partial charge in [-0.15, -0.1) is 0 Å². The third-order valence-electron chi connectivity index (χ3n) is 15.2. The van der Waals surface area contributed by atoms with Crippen molar-refractivity contribution in [2.45, 2.75) is 373 Å². The first kappa shape index (κ1) is 70.5. The Labute approximate surface area is 443 Å². The zero-order valence-electron chi connectivity index (χ0n) is 48.0. The molecule has 0 saturated carbocycles. The molecule has 0 rings (SSSR count). The SMILES string of the molecule is CCCCCCCCCCCCCCCCCCCCCCCCCCCCCCCCCCCCCC(=O)N[C@@H](COP(=O)(O)OCCN)[C@H](O)CCCCCCCCCCCCCCCCCCC. The van der Waals surface area contributed by atoms with Crippen molar-refractivity contribution in [3.8, 4) is 0 Å². The van der Waals surface area contributed by atoms with E-state index in [9.17, 15) is 19.4 Å². The van der Waals surface area contributed by atoms with Crippen molar-refractivity contribution in [1.29, 1.82) is 0 Å². The third kappa shape index (κ3) is 57.1. The number of aliphatic hydroxyl groups is 1. The van der Waals surface area contributed by atoms with Crippen molar-refractivity contribution in [1.82, 2.24) is 5.32 Å². The molecule has 8 nitrogen and oxygen atoms in total. The van der Waals surface area contributed by atoms with Crippen LogP contribution in [0.2, 0.25) is 0 Å². The fraction of sp³-hybridized carbons (Fsp3) is 0.984. The van der Waals surface area contributed by atoms with Crippen LogP contribution in [-0.4, -0.2) is 47.8 Å². The van der Waals surface area contributed by atoms with Gasteiger partial charge >= 0.3 is 7.82 Å². The maximum atomic E-state index is 12.9. The highest BCUT2D eigenvalue weighted by molar-refractivity contribution is 7.47. The van der Waals surface area contributed by atoms with E-state index in [1.54, 1.807) is 0 Å². The van der Waals surface area contributed by atoms with E-state index in [0.717, 1.165) is 38.5 Å². The lowest BCUT2D eigenvalue weighted by molar-refractivity contribution is -0.123. The highest BCUT2D eigenvalue weighted by Gasteiger charge is 2.27. The van der Waals surface area contributed by atoms with Gasteiger partial charge in [0.1, 0.15) is 0 Å². The van der Waals surface area contributed by atoms with Crippen LogP contribution in [-0.2, 0) is 18.4 Å². The summed E-state index contributed by atoms with van der Waals surface area (Å²) in [7, 11) is -4.32. The van der Waals surface area contributed by atoms with Crippen LogP contribution >= 0.6 is 7.82 Å². The molecule has 0 aliphatic carbocycles. The van der Waals surface area contributed by atoms with Crippen molar-refractivity contribution in [2.24, 2.45) is 5.73 Å². The molecule has 0 saturated heterocycles. The Kier molecular flexibility index (Phi) is 58.3. The van der Waals surface area contributed by atoms with Crippen molar-refractivity contribution in [3.05, 3.63) is 0 Å². The summed E-state index contributed by atoms with van der Waals surface area (Å²) >= 11 is 0. The predicted octanol–water partition coefficient (Wildman–Crippen LogP) is 20.0. The molecule has 5 N–H and O–H groups in total. The summed E-state index contributed by atoms with van der Waals surface area (Å²) in [5, 5.41) is 13.9. The van der Waals surface area contributed by atoms with Gasteiger partial charge < -0.3 is 21.1 Å². The van der Waals surface area contributed by atoms with Crippen LogP contribution in [0.5, 0.6) is 0 Å². The van der Waals surface area contributed by atoms with Gasteiger partial charge in [0.25, 0.3) is 0 Å². The molecule has 426 valence electrons. The van der Waals surface area contributed by atoms with E-state index in [2.05, 4.69) is 19.2 Å². The van der Waals surface area contributed by atoms with E-state index in [4.69, 9.17) is 14.8 Å². The van der Waals surface area contributed by atoms with E-state index in [1.165, 1.54) is 295 Å². The minimum atomic E-state index is -4.32. The fourth-order valence-electron chi connectivity index (χ4n) is 10.4. The second kappa shape index (κ2) is 58.8. The maximum Gasteiger partial charge on any atom is 0.472 e. The number of hydrogen-bond donors (Lipinski definition) is 4. The number of phosphoric acid groups is 1. The molecular weight excluding hydrogens is 900 g/mol. The van der Waals surface area contributed by atoms with Gasteiger partial charge in [0.2, 0.25) is 5.91 Å². The molecular formula is C62H127N2O6P. The summed E-state index contributed by atoms with van der Waals surface area (Å²) in [5.41, 5.74) is 5.42. The van der Waals surface area contributed by atoms with Gasteiger partial charge in [-0.3, -0.25) is 13.8 Å². The molecule has 0 aromatic carbocycles. The van der Waals surface area contributed by atoms with E-state index in [1.807, 2.05) is 0 Å². The van der Waals surface area contributed by atoms with Crippen LogP contribution in [0, 0.1) is 0 Å². The minimum Gasteiger partial charge on any atom is -0.391 e. The van der Waals surface area contributed by atoms with Gasteiger partial charge in [-0.1, -0.05) is 341 Å². The molecule has 71 heavy (non-hydrogen) atoms. The Bertz CT molecular complexity index is 1080. The van der Waals surface area contributed by atoms with Crippen molar-refractivity contribution in [3.63, 3.8) is 0 Å². The zero-order valence-corrected chi connectivity index (χ0v) is 48.9. The number of aliphatic hydroxyl groups excluding tert-OH is 1. The first-order valence-corrected chi connectivity index (χ1v) is 33.6. The summed E-state index contributed by atoms with van der Waals surface area (Å²) in [6.07, 6.45) is 70.4. The van der Waals surface area contributed by atoms with Crippen molar-refractivity contribution < 1.29 is 28.4 Å². The molecule has 1 amide bonds. The third-order valence-corrected chi connectivity index (χ3v) is 16.2. The van der Waals surface area contributed by atoms with Crippen LogP contribution in [0.1, 0.15) is 361 Å². The number of nitrogens with two attached hydrogens (primary N) is 1. The zero-order chi connectivity index (χ0) is 51.7. The Morgan fingerprint density at radius 2 is 0.648 bits per heavy atom. The number of carbonyl (C=O) groups excluding carboxylic acids is 1. The summed E-state index contributed by atoms with van der Waals surface area (Å²) in [4.78, 5) is 22.9. The molecule has 1 unspecified atom stereocenters. The van der Waals surface area contributed by atoms with Gasteiger partial charge in [-0.05, 0) is 12.8 Å². The fourth-order valence-corrected chi connectivity index (χ4v) is 11.1. The molecule has 9 heteroatoms. The second-order valence-electron chi connectivity index (χ2n) is 22.3. The Morgan fingerprint density at radius 3 is 0.901 bits per heavy atom. The van der Waals surface area contributed by atoms with Gasteiger partial charge in [0.15, 0.2) is 0 Å². The number of unbranched alkanes of at least 4 members (excludes halogenated alkanes) is 50.